The lowest BCUT2D eigenvalue weighted by atomic mass is 9.99. The molecule has 0 bridgehead atoms. The summed E-state index contributed by atoms with van der Waals surface area (Å²) in [6.07, 6.45) is 6.38. The summed E-state index contributed by atoms with van der Waals surface area (Å²) < 4.78 is 2.12. The zero-order valence-electron chi connectivity index (χ0n) is 18.4. The molecule has 2 aliphatic rings. The number of thioether (sulfide) groups is 1. The standard InChI is InChI=1S/C23H28N4O2S2/c1-5-16(4)27-22(29)18(31-23(27)30)13-17-20(25-11-8-14(2)9-12-25)24-19-15(3)7-6-10-26(19)21(17)28/h6-7,10,13-14,16H,5,8-9,11-12H2,1-4H3/b18-13-. The topological polar surface area (TPSA) is 57.9 Å². The van der Waals surface area contributed by atoms with Crippen LogP contribution >= 0.6 is 24.0 Å². The number of amides is 1. The highest BCUT2D eigenvalue weighted by Crippen LogP contribution is 2.35. The number of pyridine rings is 1. The van der Waals surface area contributed by atoms with E-state index in [1.807, 2.05) is 32.9 Å². The van der Waals surface area contributed by atoms with Gasteiger partial charge in [-0.1, -0.05) is 43.9 Å². The monoisotopic (exact) mass is 456 g/mol. The predicted octanol–water partition coefficient (Wildman–Crippen LogP) is 4.24. The summed E-state index contributed by atoms with van der Waals surface area (Å²) in [7, 11) is 0. The number of thiocarbonyl (C=S) groups is 1. The molecule has 6 nitrogen and oxygen atoms in total. The molecule has 0 aromatic carbocycles. The van der Waals surface area contributed by atoms with E-state index in [9.17, 15) is 9.59 Å². The quantitative estimate of drug-likeness (QED) is 0.507. The fourth-order valence-electron chi connectivity index (χ4n) is 4.06. The Morgan fingerprint density at radius 3 is 2.71 bits per heavy atom. The Bertz CT molecular complexity index is 1130. The normalized spacial score (nSPS) is 20.3. The van der Waals surface area contributed by atoms with Crippen molar-refractivity contribution >= 4 is 51.7 Å². The van der Waals surface area contributed by atoms with E-state index in [0.717, 1.165) is 37.9 Å². The number of aromatic nitrogens is 2. The van der Waals surface area contributed by atoms with E-state index in [-0.39, 0.29) is 17.5 Å². The highest BCUT2D eigenvalue weighted by molar-refractivity contribution is 8.26. The number of carbonyl (C=O) groups excluding carboxylic acids is 1. The molecule has 2 saturated heterocycles. The van der Waals surface area contributed by atoms with Gasteiger partial charge >= 0.3 is 0 Å². The van der Waals surface area contributed by atoms with Crippen molar-refractivity contribution in [2.75, 3.05) is 18.0 Å². The molecule has 4 heterocycles. The highest BCUT2D eigenvalue weighted by Gasteiger charge is 2.35. The van der Waals surface area contributed by atoms with Crippen LogP contribution in [0.5, 0.6) is 0 Å². The summed E-state index contributed by atoms with van der Waals surface area (Å²) in [6.45, 7) is 9.94. The summed E-state index contributed by atoms with van der Waals surface area (Å²) in [5, 5.41) is 0. The summed E-state index contributed by atoms with van der Waals surface area (Å²) in [4.78, 5) is 35.9. The average Bonchev–Trinajstić information content (AvgIpc) is 3.03. The molecule has 0 spiro atoms. The highest BCUT2D eigenvalue weighted by atomic mass is 32.2. The van der Waals surface area contributed by atoms with Crippen molar-refractivity contribution in [1.82, 2.24) is 14.3 Å². The van der Waals surface area contributed by atoms with Gasteiger partial charge in [0.2, 0.25) is 0 Å². The van der Waals surface area contributed by atoms with E-state index >= 15 is 0 Å². The number of hydrogen-bond acceptors (Lipinski definition) is 6. The molecule has 0 N–H and O–H groups in total. The number of rotatable bonds is 4. The Morgan fingerprint density at radius 2 is 2.03 bits per heavy atom. The smallest absolute Gasteiger partial charge is 0.267 e. The van der Waals surface area contributed by atoms with Gasteiger partial charge in [-0.15, -0.1) is 0 Å². The Kier molecular flexibility index (Phi) is 6.21. The second-order valence-electron chi connectivity index (χ2n) is 8.52. The molecule has 2 aromatic heterocycles. The Labute approximate surface area is 192 Å². The minimum Gasteiger partial charge on any atom is -0.356 e. The number of hydrogen-bond donors (Lipinski definition) is 0. The molecule has 8 heteroatoms. The Balaban J connectivity index is 1.87. The van der Waals surface area contributed by atoms with Gasteiger partial charge < -0.3 is 4.90 Å². The summed E-state index contributed by atoms with van der Waals surface area (Å²) in [5.74, 6) is 1.20. The number of piperidine rings is 1. The molecule has 1 amide bonds. The molecule has 2 aromatic rings. The lowest BCUT2D eigenvalue weighted by Crippen LogP contribution is -2.36. The van der Waals surface area contributed by atoms with Crippen molar-refractivity contribution in [3.8, 4) is 0 Å². The van der Waals surface area contributed by atoms with Crippen LogP contribution in [0.25, 0.3) is 11.7 Å². The first kappa shape index (κ1) is 22.0. The predicted molar refractivity (Wildman–Crippen MR) is 132 cm³/mol. The van der Waals surface area contributed by atoms with Crippen LogP contribution in [0.1, 0.15) is 51.2 Å². The maximum absolute atomic E-state index is 13.5. The lowest BCUT2D eigenvalue weighted by molar-refractivity contribution is -0.123. The SMILES string of the molecule is CCC(C)N1C(=O)/C(=C/c2c(N3CCC(C)CC3)nc3c(C)cccn3c2=O)SC1=S. The minimum absolute atomic E-state index is 0.0277. The fourth-order valence-corrected chi connectivity index (χ4v) is 5.51. The summed E-state index contributed by atoms with van der Waals surface area (Å²) in [6, 6.07) is 3.83. The van der Waals surface area contributed by atoms with Gasteiger partial charge in [0.1, 0.15) is 15.8 Å². The molecule has 0 saturated carbocycles. The van der Waals surface area contributed by atoms with Crippen LogP contribution in [-0.4, -0.2) is 43.6 Å². The molecule has 0 radical (unpaired) electrons. The summed E-state index contributed by atoms with van der Waals surface area (Å²) in [5.41, 5.74) is 1.91. The molecule has 2 aliphatic heterocycles. The van der Waals surface area contributed by atoms with Crippen LogP contribution in [-0.2, 0) is 4.79 Å². The Morgan fingerprint density at radius 1 is 1.32 bits per heavy atom. The molecule has 164 valence electrons. The van der Waals surface area contributed by atoms with E-state index in [1.54, 1.807) is 21.6 Å². The van der Waals surface area contributed by atoms with Gasteiger partial charge in [-0.2, -0.15) is 0 Å². The van der Waals surface area contributed by atoms with Gasteiger partial charge in [0.15, 0.2) is 0 Å². The number of nitrogens with zero attached hydrogens (tertiary/aromatic N) is 4. The third kappa shape index (κ3) is 4.03. The lowest BCUT2D eigenvalue weighted by Gasteiger charge is -2.32. The number of aryl methyl sites for hydroxylation is 1. The minimum atomic E-state index is -0.156. The van der Waals surface area contributed by atoms with Crippen molar-refractivity contribution in [1.29, 1.82) is 0 Å². The number of carbonyl (C=O) groups is 1. The molecule has 4 rings (SSSR count). The van der Waals surface area contributed by atoms with Crippen molar-refractivity contribution < 1.29 is 4.79 Å². The van der Waals surface area contributed by atoms with Gasteiger partial charge in [-0.05, 0) is 56.7 Å². The largest absolute Gasteiger partial charge is 0.356 e. The van der Waals surface area contributed by atoms with Crippen LogP contribution in [0.3, 0.4) is 0 Å². The van der Waals surface area contributed by atoms with Crippen LogP contribution in [0.2, 0.25) is 0 Å². The zero-order chi connectivity index (χ0) is 22.3. The number of anilines is 1. The summed E-state index contributed by atoms with van der Waals surface area (Å²) >= 11 is 6.74. The van der Waals surface area contributed by atoms with E-state index < -0.39 is 0 Å². The number of fused-ring (bicyclic) bond motifs is 1. The van der Waals surface area contributed by atoms with Gasteiger partial charge in [0.05, 0.1) is 10.5 Å². The van der Waals surface area contributed by atoms with Crippen LogP contribution in [0.4, 0.5) is 5.82 Å². The van der Waals surface area contributed by atoms with E-state index in [2.05, 4.69) is 11.8 Å². The first-order chi connectivity index (χ1) is 14.8. The van der Waals surface area contributed by atoms with Gasteiger partial charge in [-0.3, -0.25) is 18.9 Å². The molecule has 1 unspecified atom stereocenters. The van der Waals surface area contributed by atoms with Gasteiger partial charge in [0.25, 0.3) is 11.5 Å². The van der Waals surface area contributed by atoms with Gasteiger partial charge in [0, 0.05) is 25.3 Å². The molecular weight excluding hydrogens is 428 g/mol. The van der Waals surface area contributed by atoms with E-state index in [0.29, 0.717) is 32.2 Å². The van der Waals surface area contributed by atoms with E-state index in [4.69, 9.17) is 17.2 Å². The fraction of sp³-hybridized carbons (Fsp3) is 0.478. The third-order valence-electron chi connectivity index (χ3n) is 6.28. The second kappa shape index (κ2) is 8.74. The van der Waals surface area contributed by atoms with Crippen LogP contribution in [0.15, 0.2) is 28.0 Å². The maximum Gasteiger partial charge on any atom is 0.267 e. The third-order valence-corrected chi connectivity index (χ3v) is 7.61. The molecule has 1 atom stereocenters. The Hall–Kier alpha value is -2.19. The zero-order valence-corrected chi connectivity index (χ0v) is 20.1. The first-order valence-corrected chi connectivity index (χ1v) is 12.1. The van der Waals surface area contributed by atoms with E-state index in [1.165, 1.54) is 11.8 Å². The molecule has 2 fully saturated rings. The first-order valence-electron chi connectivity index (χ1n) is 10.9. The van der Waals surface area contributed by atoms with Crippen molar-refractivity contribution in [3.63, 3.8) is 0 Å². The average molecular weight is 457 g/mol. The van der Waals surface area contributed by atoms with Crippen molar-refractivity contribution in [2.24, 2.45) is 5.92 Å². The van der Waals surface area contributed by atoms with Crippen LogP contribution in [0, 0.1) is 12.8 Å². The van der Waals surface area contributed by atoms with Crippen LogP contribution < -0.4 is 10.5 Å². The molecule has 0 aliphatic carbocycles. The second-order valence-corrected chi connectivity index (χ2v) is 10.2. The maximum atomic E-state index is 13.5. The molecular formula is C23H28N4O2S2. The molecule has 31 heavy (non-hydrogen) atoms. The van der Waals surface area contributed by atoms with Gasteiger partial charge in [-0.25, -0.2) is 4.98 Å². The van der Waals surface area contributed by atoms with Crippen molar-refractivity contribution in [2.45, 2.75) is 53.0 Å². The van der Waals surface area contributed by atoms with Crippen molar-refractivity contribution in [3.05, 3.63) is 44.7 Å².